The summed E-state index contributed by atoms with van der Waals surface area (Å²) in [5, 5.41) is 12.0. The van der Waals surface area contributed by atoms with Gasteiger partial charge in [-0.05, 0) is 40.6 Å². The van der Waals surface area contributed by atoms with Crippen LogP contribution in [0.15, 0.2) is 66.7 Å². The van der Waals surface area contributed by atoms with Gasteiger partial charge in [0.1, 0.15) is 6.07 Å². The van der Waals surface area contributed by atoms with Gasteiger partial charge in [-0.2, -0.15) is 5.26 Å². The lowest BCUT2D eigenvalue weighted by atomic mass is 10.1. The van der Waals surface area contributed by atoms with Crippen LogP contribution in [0, 0.1) is 11.3 Å². The van der Waals surface area contributed by atoms with E-state index in [0.717, 1.165) is 22.0 Å². The van der Waals surface area contributed by atoms with Crippen LogP contribution in [-0.4, -0.2) is 9.55 Å². The van der Waals surface area contributed by atoms with Crippen molar-refractivity contribution in [2.24, 2.45) is 7.05 Å². The van der Waals surface area contributed by atoms with Crippen molar-refractivity contribution >= 4 is 33.5 Å². The zero-order valence-electron chi connectivity index (χ0n) is 13.3. The molecule has 1 aromatic heterocycles. The molecule has 0 radical (unpaired) electrons. The first kappa shape index (κ1) is 14.2. The molecule has 0 aliphatic heterocycles. The van der Waals surface area contributed by atoms with E-state index in [0.29, 0.717) is 11.4 Å². The second kappa shape index (κ2) is 5.68. The van der Waals surface area contributed by atoms with Crippen LogP contribution in [0.2, 0.25) is 0 Å². The predicted octanol–water partition coefficient (Wildman–Crippen LogP) is 4.79. The minimum absolute atomic E-state index is 0.559. The summed E-state index contributed by atoms with van der Waals surface area (Å²) in [7, 11) is 1.94. The van der Waals surface area contributed by atoms with E-state index < -0.39 is 0 Å². The number of nitriles is 1. The molecule has 3 nitrogen and oxygen atoms in total. The van der Waals surface area contributed by atoms with Crippen molar-refractivity contribution in [1.82, 2.24) is 9.55 Å². The summed E-state index contributed by atoms with van der Waals surface area (Å²) in [6.45, 7) is 0. The number of imidazole rings is 1. The van der Waals surface area contributed by atoms with E-state index in [1.807, 2.05) is 60.2 Å². The third-order valence-electron chi connectivity index (χ3n) is 4.23. The van der Waals surface area contributed by atoms with Gasteiger partial charge in [0.2, 0.25) is 0 Å². The molecule has 114 valence electrons. The van der Waals surface area contributed by atoms with Crippen LogP contribution >= 0.6 is 0 Å². The summed E-state index contributed by atoms with van der Waals surface area (Å²) >= 11 is 0. The predicted molar refractivity (Wildman–Crippen MR) is 98.1 cm³/mol. The topological polar surface area (TPSA) is 41.6 Å². The van der Waals surface area contributed by atoms with Crippen molar-refractivity contribution in [2.75, 3.05) is 0 Å². The number of para-hydroxylation sites is 2. The zero-order chi connectivity index (χ0) is 16.5. The Morgan fingerprint density at radius 2 is 1.75 bits per heavy atom. The monoisotopic (exact) mass is 309 g/mol. The number of hydrogen-bond acceptors (Lipinski definition) is 2. The molecule has 0 atom stereocenters. The average Bonchev–Trinajstić information content (AvgIpc) is 2.96. The highest BCUT2D eigenvalue weighted by molar-refractivity contribution is 5.93. The number of rotatable bonds is 2. The molecule has 0 N–H and O–H groups in total. The third kappa shape index (κ3) is 2.35. The molecular formula is C21H15N3. The molecule has 0 fully saturated rings. The average molecular weight is 309 g/mol. The number of benzene rings is 3. The van der Waals surface area contributed by atoms with Gasteiger partial charge in [-0.25, -0.2) is 4.98 Å². The standard InChI is InChI=1S/C21H15N3/c1-24-20-9-5-4-8-19(20)23-21(24)18(14-22)13-15-10-11-16-6-2-3-7-17(16)12-15/h2-13H,1H3. The Morgan fingerprint density at radius 3 is 2.54 bits per heavy atom. The lowest BCUT2D eigenvalue weighted by Gasteiger charge is -2.02. The van der Waals surface area contributed by atoms with Crippen LogP contribution in [0.5, 0.6) is 0 Å². The van der Waals surface area contributed by atoms with E-state index in [4.69, 9.17) is 0 Å². The minimum atomic E-state index is 0.559. The summed E-state index contributed by atoms with van der Waals surface area (Å²) in [5.74, 6) is 0.687. The van der Waals surface area contributed by atoms with Crippen molar-refractivity contribution in [2.45, 2.75) is 0 Å². The largest absolute Gasteiger partial charge is 0.327 e. The van der Waals surface area contributed by atoms with Gasteiger partial charge in [0, 0.05) is 7.05 Å². The number of aromatic nitrogens is 2. The molecule has 0 amide bonds. The number of allylic oxidation sites excluding steroid dienone is 1. The molecule has 1 heterocycles. The molecule has 4 rings (SSSR count). The van der Waals surface area contributed by atoms with E-state index in [1.165, 1.54) is 5.39 Å². The molecule has 0 spiro atoms. The molecule has 24 heavy (non-hydrogen) atoms. The van der Waals surface area contributed by atoms with E-state index in [-0.39, 0.29) is 0 Å². The van der Waals surface area contributed by atoms with Crippen LogP contribution in [0.1, 0.15) is 11.4 Å². The number of aryl methyl sites for hydroxylation is 1. The maximum absolute atomic E-state index is 9.63. The summed E-state index contributed by atoms with van der Waals surface area (Å²) in [6, 6.07) is 24.6. The van der Waals surface area contributed by atoms with E-state index >= 15 is 0 Å². The van der Waals surface area contributed by atoms with Crippen molar-refractivity contribution in [3.8, 4) is 6.07 Å². The van der Waals surface area contributed by atoms with Gasteiger partial charge >= 0.3 is 0 Å². The molecule has 3 heteroatoms. The van der Waals surface area contributed by atoms with E-state index in [2.05, 4.69) is 35.3 Å². The molecule has 0 aliphatic carbocycles. The van der Waals surface area contributed by atoms with E-state index in [9.17, 15) is 5.26 Å². The smallest absolute Gasteiger partial charge is 0.151 e. The summed E-state index contributed by atoms with van der Waals surface area (Å²) in [5.41, 5.74) is 3.48. The van der Waals surface area contributed by atoms with Gasteiger partial charge in [0.05, 0.1) is 16.6 Å². The lowest BCUT2D eigenvalue weighted by molar-refractivity contribution is 0.925. The fraction of sp³-hybridized carbons (Fsp3) is 0.0476. The van der Waals surface area contributed by atoms with Gasteiger partial charge in [-0.1, -0.05) is 48.5 Å². The molecule has 4 aromatic rings. The van der Waals surface area contributed by atoms with Crippen molar-refractivity contribution in [3.05, 3.63) is 78.1 Å². The second-order valence-corrected chi connectivity index (χ2v) is 5.76. The SMILES string of the molecule is Cn1c(C(C#N)=Cc2ccc3ccccc3c2)nc2ccccc21. The Morgan fingerprint density at radius 1 is 1.00 bits per heavy atom. The first-order valence-electron chi connectivity index (χ1n) is 7.79. The Hall–Kier alpha value is -3.38. The Kier molecular flexibility index (Phi) is 3.36. The highest BCUT2D eigenvalue weighted by atomic mass is 15.1. The zero-order valence-corrected chi connectivity index (χ0v) is 13.3. The van der Waals surface area contributed by atoms with Crippen LogP contribution in [0.3, 0.4) is 0 Å². The second-order valence-electron chi connectivity index (χ2n) is 5.76. The van der Waals surface area contributed by atoms with Crippen molar-refractivity contribution < 1.29 is 0 Å². The number of hydrogen-bond donors (Lipinski definition) is 0. The van der Waals surface area contributed by atoms with Crippen LogP contribution < -0.4 is 0 Å². The van der Waals surface area contributed by atoms with Crippen LogP contribution in [-0.2, 0) is 7.05 Å². The Balaban J connectivity index is 1.85. The van der Waals surface area contributed by atoms with Gasteiger partial charge in [-0.15, -0.1) is 0 Å². The summed E-state index contributed by atoms with van der Waals surface area (Å²) in [4.78, 5) is 4.61. The first-order valence-corrected chi connectivity index (χ1v) is 7.79. The summed E-state index contributed by atoms with van der Waals surface area (Å²) < 4.78 is 1.96. The number of nitrogens with zero attached hydrogens (tertiary/aromatic N) is 3. The third-order valence-corrected chi connectivity index (χ3v) is 4.23. The van der Waals surface area contributed by atoms with Gasteiger partial charge < -0.3 is 4.57 Å². The Bertz CT molecular complexity index is 1130. The number of fused-ring (bicyclic) bond motifs is 2. The van der Waals surface area contributed by atoms with Crippen LogP contribution in [0.25, 0.3) is 33.5 Å². The normalized spacial score (nSPS) is 11.8. The quantitative estimate of drug-likeness (QED) is 0.499. The van der Waals surface area contributed by atoms with Crippen molar-refractivity contribution in [3.63, 3.8) is 0 Å². The van der Waals surface area contributed by atoms with Gasteiger partial charge in [0.25, 0.3) is 0 Å². The maximum Gasteiger partial charge on any atom is 0.151 e. The molecule has 3 aromatic carbocycles. The molecule has 0 saturated carbocycles. The fourth-order valence-corrected chi connectivity index (χ4v) is 3.00. The maximum atomic E-state index is 9.63. The van der Waals surface area contributed by atoms with Gasteiger partial charge in [-0.3, -0.25) is 0 Å². The first-order chi connectivity index (χ1) is 11.8. The molecule has 0 bridgehead atoms. The fourth-order valence-electron chi connectivity index (χ4n) is 3.00. The molecule has 0 aliphatic rings. The highest BCUT2D eigenvalue weighted by Gasteiger charge is 2.11. The van der Waals surface area contributed by atoms with Crippen molar-refractivity contribution in [1.29, 1.82) is 5.26 Å². The van der Waals surface area contributed by atoms with E-state index in [1.54, 1.807) is 0 Å². The summed E-state index contributed by atoms with van der Waals surface area (Å²) in [6.07, 6.45) is 1.90. The molecular weight excluding hydrogens is 294 g/mol. The Labute approximate surface area is 140 Å². The van der Waals surface area contributed by atoms with Crippen LogP contribution in [0.4, 0.5) is 0 Å². The van der Waals surface area contributed by atoms with Gasteiger partial charge in [0.15, 0.2) is 5.82 Å². The lowest BCUT2D eigenvalue weighted by Crippen LogP contribution is -1.96. The molecule has 0 unspecified atom stereocenters. The molecule has 0 saturated heterocycles. The highest BCUT2D eigenvalue weighted by Crippen LogP contribution is 2.23. The minimum Gasteiger partial charge on any atom is -0.327 e.